The Morgan fingerprint density at radius 3 is 2.86 bits per heavy atom. The molecule has 2 aromatic heterocycles. The first-order valence-corrected chi connectivity index (χ1v) is 14.2. The highest BCUT2D eigenvalue weighted by molar-refractivity contribution is 6.76. The van der Waals surface area contributed by atoms with Crippen LogP contribution in [0.3, 0.4) is 0 Å². The fourth-order valence-corrected chi connectivity index (χ4v) is 3.93. The zero-order valence-electron chi connectivity index (χ0n) is 18.2. The smallest absolute Gasteiger partial charge is 0.414 e. The lowest BCUT2D eigenvalue weighted by Crippen LogP contribution is -2.45. The monoisotopic (exact) mass is 419 g/mol. The number of nitrogens with zero attached hydrogens (tertiary/aromatic N) is 3. The molecule has 0 saturated carbocycles. The Labute approximate surface area is 173 Å². The third kappa shape index (κ3) is 5.30. The topological polar surface area (TPSA) is 65.8 Å². The molecule has 0 fully saturated rings. The van der Waals surface area contributed by atoms with Gasteiger partial charge in [0.15, 0.2) is 0 Å². The number of carbonyl (C=O) groups excluding carboxylic acids is 1. The van der Waals surface area contributed by atoms with Crippen molar-refractivity contribution in [1.29, 1.82) is 0 Å². The number of rotatable bonds is 8. The van der Waals surface area contributed by atoms with E-state index >= 15 is 0 Å². The van der Waals surface area contributed by atoms with E-state index in [1.807, 2.05) is 29.8 Å². The minimum atomic E-state index is -1.11. The summed E-state index contributed by atoms with van der Waals surface area (Å²) in [5.74, 6) is 0.463. The summed E-state index contributed by atoms with van der Waals surface area (Å²) in [5, 5.41) is 0.946. The molecule has 1 atom stereocenters. The molecule has 0 bridgehead atoms. The van der Waals surface area contributed by atoms with Gasteiger partial charge in [-0.15, -0.1) is 0 Å². The SMILES string of the molecule is CCCCOC(=O)N1c2cc3ccn(COCC[Si](C)(C)C)c3nc2OCC1C. The van der Waals surface area contributed by atoms with Gasteiger partial charge in [0.2, 0.25) is 5.88 Å². The average Bonchev–Trinajstić information content (AvgIpc) is 3.04. The van der Waals surface area contributed by atoms with Crippen LogP contribution < -0.4 is 9.64 Å². The fraction of sp³-hybridized carbons (Fsp3) is 0.619. The molecule has 0 N–H and O–H groups in total. The second-order valence-electron chi connectivity index (χ2n) is 8.86. The van der Waals surface area contributed by atoms with Gasteiger partial charge in [0, 0.05) is 26.3 Å². The van der Waals surface area contributed by atoms with E-state index in [4.69, 9.17) is 14.2 Å². The van der Waals surface area contributed by atoms with E-state index in [0.29, 0.717) is 31.5 Å². The van der Waals surface area contributed by atoms with Gasteiger partial charge in [0.25, 0.3) is 0 Å². The van der Waals surface area contributed by atoms with Crippen molar-refractivity contribution >= 4 is 30.9 Å². The van der Waals surface area contributed by atoms with E-state index in [1.165, 1.54) is 0 Å². The number of pyridine rings is 1. The Kier molecular flexibility index (Phi) is 6.84. The summed E-state index contributed by atoms with van der Waals surface area (Å²) in [6.45, 7) is 13.1. The van der Waals surface area contributed by atoms with Gasteiger partial charge < -0.3 is 18.8 Å². The average molecular weight is 420 g/mol. The van der Waals surface area contributed by atoms with Crippen molar-refractivity contribution in [2.75, 3.05) is 24.7 Å². The van der Waals surface area contributed by atoms with E-state index in [1.54, 1.807) is 4.90 Å². The van der Waals surface area contributed by atoms with Gasteiger partial charge in [-0.05, 0) is 31.5 Å². The molecule has 0 aliphatic carbocycles. The predicted molar refractivity (Wildman–Crippen MR) is 118 cm³/mol. The summed E-state index contributed by atoms with van der Waals surface area (Å²) in [6.07, 6.45) is 3.46. The second-order valence-corrected chi connectivity index (χ2v) is 14.5. The first-order valence-electron chi connectivity index (χ1n) is 10.5. The highest BCUT2D eigenvalue weighted by atomic mass is 28.3. The molecule has 8 heteroatoms. The fourth-order valence-electron chi connectivity index (χ4n) is 3.17. The normalized spacial score (nSPS) is 16.6. The zero-order valence-corrected chi connectivity index (χ0v) is 19.2. The molecular weight excluding hydrogens is 386 g/mol. The van der Waals surface area contributed by atoms with Crippen LogP contribution in [-0.4, -0.2) is 49.6 Å². The standard InChI is InChI=1S/C21H33N3O4Si/c1-6-7-10-27-21(25)24-16(2)14-28-20-18(24)13-17-8-9-23(19(17)22-20)15-26-11-12-29(3,4)5/h8-9,13,16H,6-7,10-12,14-15H2,1-5H3. The Hall–Kier alpha value is -2.06. The molecule has 1 amide bonds. The third-order valence-corrected chi connectivity index (χ3v) is 6.70. The summed E-state index contributed by atoms with van der Waals surface area (Å²) < 4.78 is 19.1. The van der Waals surface area contributed by atoms with Crippen molar-refractivity contribution in [3.8, 4) is 5.88 Å². The van der Waals surface area contributed by atoms with E-state index in [2.05, 4.69) is 31.5 Å². The van der Waals surface area contributed by atoms with Crippen LogP contribution in [0.1, 0.15) is 26.7 Å². The van der Waals surface area contributed by atoms with Crippen molar-refractivity contribution in [2.24, 2.45) is 0 Å². The number of unbranched alkanes of at least 4 members (excludes halogenated alkanes) is 1. The highest BCUT2D eigenvalue weighted by Crippen LogP contribution is 2.35. The van der Waals surface area contributed by atoms with E-state index in [0.717, 1.165) is 36.5 Å². The summed E-state index contributed by atoms with van der Waals surface area (Å²) >= 11 is 0. The number of carbonyl (C=O) groups is 1. The largest absolute Gasteiger partial charge is 0.474 e. The Bertz CT molecular complexity index is 846. The number of amides is 1. The molecule has 3 heterocycles. The molecule has 0 aromatic carbocycles. The quantitative estimate of drug-likeness (QED) is 0.451. The first kappa shape index (κ1) is 21.6. The lowest BCUT2D eigenvalue weighted by Gasteiger charge is -2.33. The molecule has 2 aromatic rings. The molecule has 1 aliphatic rings. The Morgan fingerprint density at radius 1 is 1.34 bits per heavy atom. The summed E-state index contributed by atoms with van der Waals surface area (Å²) in [7, 11) is -1.11. The van der Waals surface area contributed by atoms with Crippen molar-refractivity contribution in [1.82, 2.24) is 9.55 Å². The molecule has 29 heavy (non-hydrogen) atoms. The van der Waals surface area contributed by atoms with Crippen LogP contribution in [0.15, 0.2) is 18.3 Å². The predicted octanol–water partition coefficient (Wildman–Crippen LogP) is 4.87. The van der Waals surface area contributed by atoms with Crippen molar-refractivity contribution in [3.05, 3.63) is 18.3 Å². The number of fused-ring (bicyclic) bond motifs is 2. The Balaban J connectivity index is 1.77. The maximum absolute atomic E-state index is 12.6. The van der Waals surface area contributed by atoms with E-state index in [-0.39, 0.29) is 12.1 Å². The van der Waals surface area contributed by atoms with Crippen LogP contribution in [0.4, 0.5) is 10.5 Å². The Morgan fingerprint density at radius 2 is 2.14 bits per heavy atom. The molecule has 7 nitrogen and oxygen atoms in total. The van der Waals surface area contributed by atoms with Crippen molar-refractivity contribution < 1.29 is 19.0 Å². The van der Waals surface area contributed by atoms with Gasteiger partial charge in [-0.2, -0.15) is 4.98 Å². The van der Waals surface area contributed by atoms with Gasteiger partial charge in [0.1, 0.15) is 24.7 Å². The molecule has 3 rings (SSSR count). The summed E-state index contributed by atoms with van der Waals surface area (Å²) in [5.41, 5.74) is 1.46. The minimum absolute atomic E-state index is 0.108. The molecule has 1 aliphatic heterocycles. The maximum atomic E-state index is 12.6. The third-order valence-electron chi connectivity index (χ3n) is 4.99. The molecule has 0 saturated heterocycles. The molecule has 0 spiro atoms. The number of hydrogen-bond acceptors (Lipinski definition) is 5. The van der Waals surface area contributed by atoms with Crippen LogP contribution in [0.5, 0.6) is 5.88 Å². The lowest BCUT2D eigenvalue weighted by molar-refractivity contribution is 0.0898. The van der Waals surface area contributed by atoms with Crippen molar-refractivity contribution in [3.63, 3.8) is 0 Å². The van der Waals surface area contributed by atoms with Gasteiger partial charge in [-0.1, -0.05) is 33.0 Å². The van der Waals surface area contributed by atoms with Crippen LogP contribution in [0.25, 0.3) is 11.0 Å². The van der Waals surface area contributed by atoms with Crippen LogP contribution in [-0.2, 0) is 16.2 Å². The highest BCUT2D eigenvalue weighted by Gasteiger charge is 2.32. The zero-order chi connectivity index (χ0) is 21.0. The molecule has 160 valence electrons. The number of hydrogen-bond donors (Lipinski definition) is 0. The van der Waals surface area contributed by atoms with Crippen LogP contribution in [0, 0.1) is 0 Å². The molecule has 0 radical (unpaired) electrons. The van der Waals surface area contributed by atoms with Gasteiger partial charge in [-0.3, -0.25) is 4.90 Å². The van der Waals surface area contributed by atoms with Gasteiger partial charge in [-0.25, -0.2) is 4.79 Å². The summed E-state index contributed by atoms with van der Waals surface area (Å²) in [4.78, 5) is 19.0. The molecule has 1 unspecified atom stereocenters. The number of ether oxygens (including phenoxy) is 3. The van der Waals surface area contributed by atoms with E-state index < -0.39 is 8.07 Å². The maximum Gasteiger partial charge on any atom is 0.414 e. The number of anilines is 1. The van der Waals surface area contributed by atoms with Gasteiger partial charge >= 0.3 is 6.09 Å². The first-order chi connectivity index (χ1) is 13.8. The second kappa shape index (κ2) is 9.17. The lowest BCUT2D eigenvalue weighted by atomic mass is 10.2. The van der Waals surface area contributed by atoms with E-state index in [9.17, 15) is 4.79 Å². The van der Waals surface area contributed by atoms with Crippen molar-refractivity contribution in [2.45, 2.75) is 65.1 Å². The summed E-state index contributed by atoms with van der Waals surface area (Å²) in [6, 6.07) is 4.96. The number of aromatic nitrogens is 2. The molecular formula is C21H33N3O4Si. The van der Waals surface area contributed by atoms with Crippen LogP contribution in [0.2, 0.25) is 25.7 Å². The van der Waals surface area contributed by atoms with Crippen LogP contribution >= 0.6 is 0 Å². The minimum Gasteiger partial charge on any atom is -0.474 e. The van der Waals surface area contributed by atoms with Gasteiger partial charge in [0.05, 0.1) is 12.6 Å².